The van der Waals surface area contributed by atoms with Gasteiger partial charge >= 0.3 is 0 Å². The second kappa shape index (κ2) is 6.87. The minimum Gasteiger partial charge on any atom is -0.379 e. The number of hydrogen-bond acceptors (Lipinski definition) is 4. The van der Waals surface area contributed by atoms with Crippen LogP contribution in [0.25, 0.3) is 0 Å². The van der Waals surface area contributed by atoms with Gasteiger partial charge in [0.15, 0.2) is 0 Å². The normalized spacial score (nSPS) is 18.8. The van der Waals surface area contributed by atoms with Crippen molar-refractivity contribution < 1.29 is 4.74 Å². The van der Waals surface area contributed by atoms with Crippen molar-refractivity contribution in [3.05, 3.63) is 23.4 Å². The van der Waals surface area contributed by atoms with Crippen LogP contribution in [0.4, 0.5) is 5.82 Å². The van der Waals surface area contributed by atoms with Crippen LogP contribution in [0.2, 0.25) is 0 Å². The Morgan fingerprint density at radius 1 is 1.47 bits per heavy atom. The number of rotatable bonds is 6. The predicted molar refractivity (Wildman–Crippen MR) is 78.6 cm³/mol. The Kier molecular flexibility index (Phi) is 5.16. The molecular formula is C15H25N3O. The molecule has 1 N–H and O–H groups in total. The Hall–Kier alpha value is -1.13. The first-order chi connectivity index (χ1) is 9.20. The maximum atomic E-state index is 5.46. The Labute approximate surface area is 116 Å². The number of anilines is 1. The molecule has 2 heterocycles. The van der Waals surface area contributed by atoms with Crippen molar-refractivity contribution in [2.45, 2.75) is 39.3 Å². The Morgan fingerprint density at radius 2 is 2.32 bits per heavy atom. The monoisotopic (exact) mass is 263 g/mol. The molecule has 2 rings (SSSR count). The molecule has 106 valence electrons. The van der Waals surface area contributed by atoms with E-state index in [9.17, 15) is 0 Å². The van der Waals surface area contributed by atoms with E-state index in [-0.39, 0.29) is 0 Å². The summed E-state index contributed by atoms with van der Waals surface area (Å²) < 4.78 is 5.46. The van der Waals surface area contributed by atoms with Gasteiger partial charge in [0.25, 0.3) is 0 Å². The van der Waals surface area contributed by atoms with E-state index in [2.05, 4.69) is 48.2 Å². The summed E-state index contributed by atoms with van der Waals surface area (Å²) in [5, 5.41) is 3.44. The van der Waals surface area contributed by atoms with Crippen molar-refractivity contribution in [3.63, 3.8) is 0 Å². The van der Waals surface area contributed by atoms with E-state index in [1.807, 2.05) is 0 Å². The summed E-state index contributed by atoms with van der Waals surface area (Å²) in [6.45, 7) is 7.90. The van der Waals surface area contributed by atoms with Crippen LogP contribution in [0.5, 0.6) is 0 Å². The highest BCUT2D eigenvalue weighted by molar-refractivity contribution is 5.43. The number of hydrogen-bond donors (Lipinski definition) is 1. The fraction of sp³-hybridized carbons (Fsp3) is 0.667. The SMILES string of the molecule is CCCNCc1cc(C)nc(N(C)C2CCOC2)c1. The van der Waals surface area contributed by atoms with E-state index in [4.69, 9.17) is 4.74 Å². The molecule has 1 saturated heterocycles. The molecule has 1 aliphatic rings. The summed E-state index contributed by atoms with van der Waals surface area (Å²) in [4.78, 5) is 6.90. The van der Waals surface area contributed by atoms with Gasteiger partial charge in [-0.15, -0.1) is 0 Å². The average molecular weight is 263 g/mol. The smallest absolute Gasteiger partial charge is 0.129 e. The van der Waals surface area contributed by atoms with Crippen LogP contribution in [0.15, 0.2) is 12.1 Å². The van der Waals surface area contributed by atoms with Crippen LogP contribution in [-0.2, 0) is 11.3 Å². The van der Waals surface area contributed by atoms with E-state index in [1.165, 1.54) is 5.56 Å². The van der Waals surface area contributed by atoms with Gasteiger partial charge in [-0.1, -0.05) is 6.92 Å². The fourth-order valence-corrected chi connectivity index (χ4v) is 2.43. The van der Waals surface area contributed by atoms with Crippen LogP contribution in [0, 0.1) is 6.92 Å². The van der Waals surface area contributed by atoms with Gasteiger partial charge in [0, 0.05) is 25.9 Å². The molecule has 0 saturated carbocycles. The lowest BCUT2D eigenvalue weighted by Crippen LogP contribution is -2.32. The summed E-state index contributed by atoms with van der Waals surface area (Å²) in [5.74, 6) is 1.06. The van der Waals surface area contributed by atoms with Gasteiger partial charge in [-0.25, -0.2) is 4.98 Å². The van der Waals surface area contributed by atoms with E-state index in [1.54, 1.807) is 0 Å². The number of nitrogens with zero attached hydrogens (tertiary/aromatic N) is 2. The van der Waals surface area contributed by atoms with Crippen molar-refractivity contribution in [2.75, 3.05) is 31.7 Å². The summed E-state index contributed by atoms with van der Waals surface area (Å²) in [5.41, 5.74) is 2.39. The topological polar surface area (TPSA) is 37.4 Å². The molecule has 0 spiro atoms. The van der Waals surface area contributed by atoms with Crippen LogP contribution in [0.1, 0.15) is 31.0 Å². The highest BCUT2D eigenvalue weighted by Gasteiger charge is 2.21. The first kappa shape index (κ1) is 14.3. The number of nitrogens with one attached hydrogen (secondary N) is 1. The first-order valence-electron chi connectivity index (χ1n) is 7.19. The molecule has 1 aromatic rings. The molecule has 1 aliphatic heterocycles. The third-order valence-corrected chi connectivity index (χ3v) is 3.57. The van der Waals surface area contributed by atoms with Crippen molar-refractivity contribution in [1.29, 1.82) is 0 Å². The van der Waals surface area contributed by atoms with Gasteiger partial charge in [0.05, 0.1) is 12.6 Å². The molecule has 1 aromatic heterocycles. The van der Waals surface area contributed by atoms with Gasteiger partial charge in [-0.05, 0) is 44.0 Å². The lowest BCUT2D eigenvalue weighted by molar-refractivity contribution is 0.193. The van der Waals surface area contributed by atoms with Crippen LogP contribution in [-0.4, -0.2) is 37.8 Å². The second-order valence-corrected chi connectivity index (χ2v) is 5.28. The number of ether oxygens (including phenoxy) is 1. The van der Waals surface area contributed by atoms with Gasteiger partial charge < -0.3 is 15.0 Å². The van der Waals surface area contributed by atoms with Crippen molar-refractivity contribution in [3.8, 4) is 0 Å². The minimum absolute atomic E-state index is 0.464. The number of aromatic nitrogens is 1. The van der Waals surface area contributed by atoms with Crippen molar-refractivity contribution in [2.24, 2.45) is 0 Å². The number of likely N-dealkylation sites (N-methyl/N-ethyl adjacent to an activating group) is 1. The standard InChI is InChI=1S/C15H25N3O/c1-4-6-16-10-13-8-12(2)17-15(9-13)18(3)14-5-7-19-11-14/h8-9,14,16H,4-7,10-11H2,1-3H3. The third-order valence-electron chi connectivity index (χ3n) is 3.57. The zero-order valence-electron chi connectivity index (χ0n) is 12.3. The summed E-state index contributed by atoms with van der Waals surface area (Å²) in [7, 11) is 2.12. The maximum absolute atomic E-state index is 5.46. The zero-order chi connectivity index (χ0) is 13.7. The molecule has 0 amide bonds. The molecule has 4 nitrogen and oxygen atoms in total. The number of aryl methyl sites for hydroxylation is 1. The molecule has 0 bridgehead atoms. The highest BCUT2D eigenvalue weighted by atomic mass is 16.5. The molecular weight excluding hydrogens is 238 g/mol. The maximum Gasteiger partial charge on any atom is 0.129 e. The lowest BCUT2D eigenvalue weighted by atomic mass is 10.2. The molecule has 0 aliphatic carbocycles. The molecule has 1 atom stereocenters. The Balaban J connectivity index is 2.06. The van der Waals surface area contributed by atoms with Gasteiger partial charge in [-0.2, -0.15) is 0 Å². The Bertz CT molecular complexity index is 402. The molecule has 19 heavy (non-hydrogen) atoms. The van der Waals surface area contributed by atoms with Crippen LogP contribution >= 0.6 is 0 Å². The highest BCUT2D eigenvalue weighted by Crippen LogP contribution is 2.20. The lowest BCUT2D eigenvalue weighted by Gasteiger charge is -2.25. The van der Waals surface area contributed by atoms with E-state index < -0.39 is 0 Å². The van der Waals surface area contributed by atoms with Crippen molar-refractivity contribution >= 4 is 5.82 Å². The largest absolute Gasteiger partial charge is 0.379 e. The fourth-order valence-electron chi connectivity index (χ4n) is 2.43. The van der Waals surface area contributed by atoms with Gasteiger partial charge in [0.2, 0.25) is 0 Å². The first-order valence-corrected chi connectivity index (χ1v) is 7.19. The third kappa shape index (κ3) is 3.91. The van der Waals surface area contributed by atoms with E-state index in [0.717, 1.165) is 50.7 Å². The zero-order valence-corrected chi connectivity index (χ0v) is 12.3. The minimum atomic E-state index is 0.464. The molecule has 1 unspecified atom stereocenters. The number of pyridine rings is 1. The molecule has 0 radical (unpaired) electrons. The molecule has 4 heteroatoms. The predicted octanol–water partition coefficient (Wildman–Crippen LogP) is 2.11. The van der Waals surface area contributed by atoms with Gasteiger partial charge in [-0.3, -0.25) is 0 Å². The summed E-state index contributed by atoms with van der Waals surface area (Å²) >= 11 is 0. The summed E-state index contributed by atoms with van der Waals surface area (Å²) in [6, 6.07) is 4.81. The van der Waals surface area contributed by atoms with Crippen molar-refractivity contribution in [1.82, 2.24) is 10.3 Å². The molecule has 1 fully saturated rings. The molecule has 0 aromatic carbocycles. The summed E-state index contributed by atoms with van der Waals surface area (Å²) in [6.07, 6.45) is 2.26. The van der Waals surface area contributed by atoms with Gasteiger partial charge in [0.1, 0.15) is 5.82 Å². The van der Waals surface area contributed by atoms with Crippen LogP contribution < -0.4 is 10.2 Å². The average Bonchev–Trinajstić information content (AvgIpc) is 2.91. The Morgan fingerprint density at radius 3 is 3.00 bits per heavy atom. The van der Waals surface area contributed by atoms with E-state index in [0.29, 0.717) is 6.04 Å². The van der Waals surface area contributed by atoms with E-state index >= 15 is 0 Å². The quantitative estimate of drug-likeness (QED) is 0.798. The van der Waals surface area contributed by atoms with Crippen LogP contribution in [0.3, 0.4) is 0 Å². The second-order valence-electron chi connectivity index (χ2n) is 5.28.